The summed E-state index contributed by atoms with van der Waals surface area (Å²) in [5.74, 6) is 0. The van der Waals surface area contributed by atoms with Gasteiger partial charge in [-0.25, -0.2) is 0 Å². The van der Waals surface area contributed by atoms with Crippen molar-refractivity contribution in [2.45, 2.75) is 124 Å². The van der Waals surface area contributed by atoms with Gasteiger partial charge in [0.15, 0.2) is 0 Å². The van der Waals surface area contributed by atoms with E-state index in [-0.39, 0.29) is 0 Å². The van der Waals surface area contributed by atoms with Crippen molar-refractivity contribution in [2.75, 3.05) is 19.6 Å². The average Bonchev–Trinajstić information content (AvgIpc) is 1.53. The lowest BCUT2D eigenvalue weighted by Gasteiger charge is -2.28. The summed E-state index contributed by atoms with van der Waals surface area (Å²) in [7, 11) is 0. The molecule has 0 aliphatic heterocycles. The van der Waals surface area contributed by atoms with E-state index in [0.29, 0.717) is 0 Å². The summed E-state index contributed by atoms with van der Waals surface area (Å²) in [6, 6.07) is 138. The minimum Gasteiger partial charge on any atom is -0.310 e. The van der Waals surface area contributed by atoms with Crippen LogP contribution in [0.25, 0.3) is 133 Å². The summed E-state index contributed by atoms with van der Waals surface area (Å²) < 4.78 is 0. The normalized spacial score (nSPS) is 12.0. The molecular weight excluding hydrogens is 1670 g/mol. The maximum absolute atomic E-state index is 2.48. The number of benzene rings is 20. The Bertz CT molecular complexity index is 7790. The number of fused-ring (bicyclic) bond motifs is 12. The lowest BCUT2D eigenvalue weighted by molar-refractivity contribution is 1.21. The van der Waals surface area contributed by atoms with Gasteiger partial charge in [0.2, 0.25) is 0 Å². The standard InChI is InChI=1S/2C67H56N2/c1-40-22-26-51(34-44(40)5)68(52-27-23-41(2)45(6)35-52)55-30-31-56-50(38-55)39-60-62(48-16-11-9-12-17-48)66-59-32-33-61(69(53-28-24-42(3)46(7)36-53)54-29-25-43(4)47(8)37-54)57-20-15-21-58(64(57)59)67(66)63(65(56)60)49-18-13-10-14-19-49;1-40-22-26-51(34-44(40)5)68(52-27-23-41(2)45(6)35-52)55-30-31-56-50(38-55)39-60-62(48-16-11-9-12-17-48)66-58-21-15-20-57-61(33-32-59(64(57)58)67(66)63(65(56)60)49-18-13-10-14-19-49)69(53-28-24-42(3)46(7)36-53)54-29-25-43(4)47(8)37-54/h2*9-38H,39H2,1-8H3. The molecule has 4 heteroatoms. The molecule has 0 bridgehead atoms. The van der Waals surface area contributed by atoms with E-state index in [9.17, 15) is 0 Å². The van der Waals surface area contributed by atoms with Gasteiger partial charge >= 0.3 is 0 Å². The molecule has 0 saturated heterocycles. The number of nitrogens with zero attached hydrogens (tertiary/aromatic N) is 4. The Morgan fingerprint density at radius 1 is 0.152 bits per heavy atom. The molecule has 0 amide bonds. The highest BCUT2D eigenvalue weighted by Crippen LogP contribution is 2.66. The third-order valence-electron chi connectivity index (χ3n) is 31.0. The third kappa shape index (κ3) is 14.4. The summed E-state index contributed by atoms with van der Waals surface area (Å²) in [6.07, 6.45) is 1.66. The highest BCUT2D eigenvalue weighted by Gasteiger charge is 2.41. The van der Waals surface area contributed by atoms with Gasteiger partial charge in [-0.05, 0) is 490 Å². The van der Waals surface area contributed by atoms with Gasteiger partial charge in [-0.3, -0.25) is 0 Å². The molecule has 0 heterocycles. The summed E-state index contributed by atoms with van der Waals surface area (Å²) in [5.41, 5.74) is 66.3. The Morgan fingerprint density at radius 2 is 0.370 bits per heavy atom. The molecule has 24 rings (SSSR count). The quantitative estimate of drug-likeness (QED) is 0.0956. The molecule has 0 atom stereocenters. The fraction of sp³-hybridized carbons (Fsp3) is 0.134. The zero-order valence-corrected chi connectivity index (χ0v) is 81.8. The summed E-state index contributed by atoms with van der Waals surface area (Å²) in [4.78, 5) is 9.86. The average molecular weight is 1780 g/mol. The smallest absolute Gasteiger partial charge is 0.0540 e. The van der Waals surface area contributed by atoms with E-state index in [1.54, 1.807) is 0 Å². The van der Waals surface area contributed by atoms with Crippen LogP contribution in [0.3, 0.4) is 0 Å². The lowest BCUT2D eigenvalue weighted by atomic mass is 9.80. The maximum atomic E-state index is 2.48. The van der Waals surface area contributed by atoms with Crippen LogP contribution in [-0.4, -0.2) is 0 Å². The number of anilines is 12. The minimum absolute atomic E-state index is 0.828. The molecule has 668 valence electrons. The van der Waals surface area contributed by atoms with Crippen LogP contribution in [0.1, 0.15) is 111 Å². The van der Waals surface area contributed by atoms with Crippen molar-refractivity contribution in [1.82, 2.24) is 0 Å². The zero-order valence-electron chi connectivity index (χ0n) is 81.8. The second kappa shape index (κ2) is 34.2. The molecule has 0 radical (unpaired) electrons. The van der Waals surface area contributed by atoms with Gasteiger partial charge in [0.25, 0.3) is 0 Å². The Labute approximate surface area is 813 Å². The molecule has 0 saturated carbocycles. The third-order valence-corrected chi connectivity index (χ3v) is 31.0. The van der Waals surface area contributed by atoms with Crippen molar-refractivity contribution in [3.63, 3.8) is 0 Å². The molecule has 0 spiro atoms. The summed E-state index contributed by atoms with van der Waals surface area (Å²) >= 11 is 0. The second-order valence-corrected chi connectivity index (χ2v) is 39.4. The molecule has 0 N–H and O–H groups in total. The fourth-order valence-corrected chi connectivity index (χ4v) is 22.5. The molecule has 0 aromatic heterocycles. The van der Waals surface area contributed by atoms with E-state index in [4.69, 9.17) is 0 Å². The van der Waals surface area contributed by atoms with Crippen molar-refractivity contribution in [2.24, 2.45) is 0 Å². The van der Waals surface area contributed by atoms with Crippen molar-refractivity contribution < 1.29 is 0 Å². The largest absolute Gasteiger partial charge is 0.310 e. The van der Waals surface area contributed by atoms with Crippen LogP contribution in [-0.2, 0) is 12.8 Å². The Morgan fingerprint density at radius 3 is 0.630 bits per heavy atom. The second-order valence-electron chi connectivity index (χ2n) is 39.4. The highest BCUT2D eigenvalue weighted by atomic mass is 15.2. The first-order chi connectivity index (χ1) is 67.1. The monoisotopic (exact) mass is 1780 g/mol. The number of hydrogen-bond donors (Lipinski definition) is 0. The molecule has 138 heavy (non-hydrogen) atoms. The van der Waals surface area contributed by atoms with Crippen LogP contribution in [0.15, 0.2) is 364 Å². The van der Waals surface area contributed by atoms with Gasteiger partial charge in [-0.15, -0.1) is 0 Å². The van der Waals surface area contributed by atoms with Crippen LogP contribution in [0.2, 0.25) is 0 Å². The maximum Gasteiger partial charge on any atom is 0.0540 e. The number of aryl methyl sites for hydroxylation is 16. The van der Waals surface area contributed by atoms with E-state index in [1.165, 1.54) is 290 Å². The van der Waals surface area contributed by atoms with Gasteiger partial charge in [0.1, 0.15) is 0 Å². The highest BCUT2D eigenvalue weighted by molar-refractivity contribution is 6.28. The molecular formula is C134H112N4. The van der Waals surface area contributed by atoms with Gasteiger partial charge in [-0.2, -0.15) is 0 Å². The van der Waals surface area contributed by atoms with E-state index in [0.717, 1.165) is 35.6 Å². The zero-order chi connectivity index (χ0) is 94.5. The van der Waals surface area contributed by atoms with Crippen LogP contribution < -0.4 is 19.6 Å². The molecule has 4 nitrogen and oxygen atoms in total. The number of hydrogen-bond acceptors (Lipinski definition) is 4. The first-order valence-corrected chi connectivity index (χ1v) is 48.9. The predicted molar refractivity (Wildman–Crippen MR) is 590 cm³/mol. The van der Waals surface area contributed by atoms with Crippen LogP contribution in [0.5, 0.6) is 0 Å². The van der Waals surface area contributed by atoms with Crippen molar-refractivity contribution >= 4 is 89.8 Å². The van der Waals surface area contributed by atoms with Crippen LogP contribution in [0, 0.1) is 111 Å². The Kier molecular flexibility index (Phi) is 21.4. The lowest BCUT2D eigenvalue weighted by Crippen LogP contribution is -2.11. The first-order valence-electron chi connectivity index (χ1n) is 48.9. The Hall–Kier alpha value is -15.9. The van der Waals surface area contributed by atoms with Crippen molar-refractivity contribution in [3.05, 3.63) is 475 Å². The van der Waals surface area contributed by atoms with E-state index >= 15 is 0 Å². The van der Waals surface area contributed by atoms with Gasteiger partial charge in [0, 0.05) is 67.6 Å². The van der Waals surface area contributed by atoms with E-state index < -0.39 is 0 Å². The van der Waals surface area contributed by atoms with E-state index in [1.807, 2.05) is 0 Å². The van der Waals surface area contributed by atoms with Crippen LogP contribution >= 0.6 is 0 Å². The van der Waals surface area contributed by atoms with Gasteiger partial charge < -0.3 is 19.6 Å². The first kappa shape index (κ1) is 86.3. The van der Waals surface area contributed by atoms with Crippen molar-refractivity contribution in [1.29, 1.82) is 0 Å². The van der Waals surface area contributed by atoms with Gasteiger partial charge in [-0.1, -0.05) is 231 Å². The topological polar surface area (TPSA) is 13.0 Å². The molecule has 20 aromatic rings. The minimum atomic E-state index is 0.828. The molecule has 20 aromatic carbocycles. The molecule has 0 fully saturated rings. The summed E-state index contributed by atoms with van der Waals surface area (Å²) in [5, 5.41) is 5.12. The molecule has 4 aliphatic rings. The molecule has 4 aliphatic carbocycles. The number of rotatable bonds is 16. The summed E-state index contributed by atoms with van der Waals surface area (Å²) in [6.45, 7) is 35.4. The SMILES string of the molecule is Cc1ccc(N(c2ccc(C)c(C)c2)c2ccc3c(c2)Cc2c(-c4ccccc4)c4c(c(-c5ccccc5)c2-3)-c2ccc(N(c3ccc(C)c(C)c3)c3ccc(C)c(C)c3)c3cccc-4c23)cc1C.Cc1ccc(N(c2ccc(C)c(C)c2)c2ccc3c(c2)Cc2c(-c4ccccc4)c4c(c(-c5ccccc5)c2-3)-c2cccc3c(N(c5ccc(C)c(C)c5)c5ccc(C)c(C)c5)ccc-4c23)cc1C. The Balaban J connectivity index is 0.000000155. The van der Waals surface area contributed by atoms with Crippen LogP contribution in [0.4, 0.5) is 68.2 Å². The van der Waals surface area contributed by atoms with Crippen molar-refractivity contribution in [3.8, 4) is 111 Å². The van der Waals surface area contributed by atoms with E-state index in [2.05, 4.69) is 494 Å². The predicted octanol–water partition coefficient (Wildman–Crippen LogP) is 37.6. The van der Waals surface area contributed by atoms with Gasteiger partial charge in [0.05, 0.1) is 11.4 Å². The fourth-order valence-electron chi connectivity index (χ4n) is 22.5. The molecule has 0 unspecified atom stereocenters.